The molecule has 0 unspecified atom stereocenters. The quantitative estimate of drug-likeness (QED) is 0.634. The molecule has 0 saturated heterocycles. The Hall–Kier alpha value is -1.63. The average Bonchev–Trinajstić information content (AvgIpc) is 2.46. The Bertz CT molecular complexity index is 678. The summed E-state index contributed by atoms with van der Waals surface area (Å²) in [4.78, 5) is 10.6. The molecule has 21 heavy (non-hydrogen) atoms. The second-order valence-corrected chi connectivity index (χ2v) is 5.53. The van der Waals surface area contributed by atoms with Gasteiger partial charge in [0.25, 0.3) is 5.69 Å². The summed E-state index contributed by atoms with van der Waals surface area (Å²) in [6, 6.07) is 9.73. The molecule has 110 valence electrons. The number of rotatable bonds is 5. The van der Waals surface area contributed by atoms with E-state index in [4.69, 9.17) is 16.3 Å². The SMILES string of the molecule is O=[N+]([O-])c1cc(Br)ccc1COc1c(Cl)cccc1CO. The van der Waals surface area contributed by atoms with E-state index in [0.29, 0.717) is 26.4 Å². The van der Waals surface area contributed by atoms with Crippen LogP contribution in [0.1, 0.15) is 11.1 Å². The smallest absolute Gasteiger partial charge is 0.277 e. The van der Waals surface area contributed by atoms with Gasteiger partial charge < -0.3 is 9.84 Å². The first-order valence-electron chi connectivity index (χ1n) is 5.96. The summed E-state index contributed by atoms with van der Waals surface area (Å²) in [5, 5.41) is 20.7. The van der Waals surface area contributed by atoms with E-state index >= 15 is 0 Å². The molecule has 5 nitrogen and oxygen atoms in total. The predicted octanol–water partition coefficient (Wildman–Crippen LogP) is 4.08. The molecule has 0 radical (unpaired) electrons. The van der Waals surface area contributed by atoms with Gasteiger partial charge in [-0.3, -0.25) is 10.1 Å². The van der Waals surface area contributed by atoms with Crippen molar-refractivity contribution in [1.82, 2.24) is 0 Å². The van der Waals surface area contributed by atoms with E-state index in [9.17, 15) is 15.2 Å². The fourth-order valence-electron chi connectivity index (χ4n) is 1.82. The first-order valence-corrected chi connectivity index (χ1v) is 7.14. The van der Waals surface area contributed by atoms with Gasteiger partial charge in [0.15, 0.2) is 0 Å². The first kappa shape index (κ1) is 15.8. The Morgan fingerprint density at radius 1 is 1.29 bits per heavy atom. The minimum atomic E-state index is -0.469. The number of nitro benzene ring substituents is 1. The highest BCUT2D eigenvalue weighted by Gasteiger charge is 2.16. The normalized spacial score (nSPS) is 10.4. The molecule has 2 rings (SSSR count). The molecule has 0 aliphatic rings. The molecule has 0 amide bonds. The van der Waals surface area contributed by atoms with Crippen LogP contribution in [0.3, 0.4) is 0 Å². The number of hydrogen-bond acceptors (Lipinski definition) is 4. The Balaban J connectivity index is 2.27. The largest absolute Gasteiger partial charge is 0.487 e. The van der Waals surface area contributed by atoms with Crippen LogP contribution in [0.4, 0.5) is 5.69 Å². The summed E-state index contributed by atoms with van der Waals surface area (Å²) in [5.41, 5.74) is 0.913. The molecule has 0 heterocycles. The number of aliphatic hydroxyl groups is 1. The van der Waals surface area contributed by atoms with Crippen LogP contribution in [0.25, 0.3) is 0 Å². The summed E-state index contributed by atoms with van der Waals surface area (Å²) < 4.78 is 6.18. The highest BCUT2D eigenvalue weighted by molar-refractivity contribution is 9.10. The van der Waals surface area contributed by atoms with E-state index in [1.54, 1.807) is 30.3 Å². The second-order valence-electron chi connectivity index (χ2n) is 4.21. The molecule has 0 aromatic heterocycles. The third-order valence-electron chi connectivity index (χ3n) is 2.83. The maximum absolute atomic E-state index is 11.0. The predicted molar refractivity (Wildman–Crippen MR) is 82.5 cm³/mol. The van der Waals surface area contributed by atoms with E-state index in [-0.39, 0.29) is 18.9 Å². The van der Waals surface area contributed by atoms with Gasteiger partial charge in [0.2, 0.25) is 0 Å². The van der Waals surface area contributed by atoms with Crippen molar-refractivity contribution in [2.45, 2.75) is 13.2 Å². The number of nitrogens with zero attached hydrogens (tertiary/aromatic N) is 1. The Kier molecular flexibility index (Phi) is 5.17. The lowest BCUT2D eigenvalue weighted by atomic mass is 10.2. The van der Waals surface area contributed by atoms with Gasteiger partial charge in [-0.2, -0.15) is 0 Å². The molecule has 2 aromatic rings. The number of ether oxygens (including phenoxy) is 1. The molecular formula is C14H11BrClNO4. The molecule has 7 heteroatoms. The highest BCUT2D eigenvalue weighted by atomic mass is 79.9. The molecule has 2 aromatic carbocycles. The number of aliphatic hydroxyl groups excluding tert-OH is 1. The van der Waals surface area contributed by atoms with Crippen molar-refractivity contribution >= 4 is 33.2 Å². The average molecular weight is 373 g/mol. The number of para-hydroxylation sites is 1. The fraction of sp³-hybridized carbons (Fsp3) is 0.143. The summed E-state index contributed by atoms with van der Waals surface area (Å²) in [6.45, 7) is -0.237. The van der Waals surface area contributed by atoms with Crippen molar-refractivity contribution in [3.63, 3.8) is 0 Å². The van der Waals surface area contributed by atoms with E-state index in [2.05, 4.69) is 15.9 Å². The summed E-state index contributed by atoms with van der Waals surface area (Å²) in [5.74, 6) is 0.332. The molecular weight excluding hydrogens is 362 g/mol. The zero-order valence-electron chi connectivity index (χ0n) is 10.8. The van der Waals surface area contributed by atoms with Gasteiger partial charge in [-0.1, -0.05) is 39.7 Å². The van der Waals surface area contributed by atoms with Crippen molar-refractivity contribution in [2.75, 3.05) is 0 Å². The van der Waals surface area contributed by atoms with Crippen LogP contribution in [0, 0.1) is 10.1 Å². The fourth-order valence-corrected chi connectivity index (χ4v) is 2.42. The Morgan fingerprint density at radius 2 is 2.05 bits per heavy atom. The maximum Gasteiger partial charge on any atom is 0.277 e. The molecule has 0 saturated carbocycles. The number of hydrogen-bond donors (Lipinski definition) is 1. The third kappa shape index (κ3) is 3.72. The van der Waals surface area contributed by atoms with Gasteiger partial charge >= 0.3 is 0 Å². The standard InChI is InChI=1S/C14H11BrClNO4/c15-11-5-4-10(13(6-11)17(19)20)8-21-14-9(7-18)2-1-3-12(14)16/h1-6,18H,7-8H2. The van der Waals surface area contributed by atoms with Crippen molar-refractivity contribution < 1.29 is 14.8 Å². The molecule has 0 fully saturated rings. The van der Waals surface area contributed by atoms with E-state index in [1.165, 1.54) is 6.07 Å². The summed E-state index contributed by atoms with van der Waals surface area (Å²) in [7, 11) is 0. The lowest BCUT2D eigenvalue weighted by Crippen LogP contribution is -2.03. The number of benzene rings is 2. The van der Waals surface area contributed by atoms with Crippen LogP contribution in [-0.2, 0) is 13.2 Å². The Morgan fingerprint density at radius 3 is 2.71 bits per heavy atom. The zero-order valence-corrected chi connectivity index (χ0v) is 13.1. The van der Waals surface area contributed by atoms with Crippen LogP contribution in [-0.4, -0.2) is 10.0 Å². The van der Waals surface area contributed by atoms with Gasteiger partial charge in [-0.05, 0) is 18.2 Å². The highest BCUT2D eigenvalue weighted by Crippen LogP contribution is 2.31. The van der Waals surface area contributed by atoms with Crippen LogP contribution in [0.15, 0.2) is 40.9 Å². The Labute approximate surface area is 134 Å². The van der Waals surface area contributed by atoms with Crippen molar-refractivity contribution in [3.8, 4) is 5.75 Å². The van der Waals surface area contributed by atoms with Crippen molar-refractivity contribution in [3.05, 3.63) is 67.1 Å². The van der Waals surface area contributed by atoms with Crippen LogP contribution < -0.4 is 4.74 Å². The topological polar surface area (TPSA) is 72.6 Å². The second kappa shape index (κ2) is 6.89. The minimum absolute atomic E-state index is 0.0136. The van der Waals surface area contributed by atoms with Crippen LogP contribution in [0.5, 0.6) is 5.75 Å². The van der Waals surface area contributed by atoms with Crippen LogP contribution in [0.2, 0.25) is 5.02 Å². The molecule has 1 N–H and O–H groups in total. The summed E-state index contributed by atoms with van der Waals surface area (Å²) in [6.07, 6.45) is 0. The van der Waals surface area contributed by atoms with Crippen molar-refractivity contribution in [1.29, 1.82) is 0 Å². The van der Waals surface area contributed by atoms with E-state index < -0.39 is 4.92 Å². The molecule has 0 aliphatic carbocycles. The van der Waals surface area contributed by atoms with Gasteiger partial charge in [0, 0.05) is 16.1 Å². The molecule has 0 aliphatic heterocycles. The van der Waals surface area contributed by atoms with Gasteiger partial charge in [-0.15, -0.1) is 0 Å². The summed E-state index contributed by atoms with van der Waals surface area (Å²) >= 11 is 9.22. The lowest BCUT2D eigenvalue weighted by molar-refractivity contribution is -0.385. The van der Waals surface area contributed by atoms with E-state index in [1.807, 2.05) is 0 Å². The maximum atomic E-state index is 11.0. The van der Waals surface area contributed by atoms with Crippen LogP contribution >= 0.6 is 27.5 Å². The monoisotopic (exact) mass is 371 g/mol. The lowest BCUT2D eigenvalue weighted by Gasteiger charge is -2.12. The van der Waals surface area contributed by atoms with E-state index in [0.717, 1.165) is 0 Å². The molecule has 0 spiro atoms. The minimum Gasteiger partial charge on any atom is -0.487 e. The number of nitro groups is 1. The number of halogens is 2. The third-order valence-corrected chi connectivity index (χ3v) is 3.63. The molecule has 0 bridgehead atoms. The first-order chi connectivity index (χ1) is 10.0. The van der Waals surface area contributed by atoms with Gasteiger partial charge in [0.05, 0.1) is 22.1 Å². The van der Waals surface area contributed by atoms with Crippen molar-refractivity contribution in [2.24, 2.45) is 0 Å². The molecule has 0 atom stereocenters. The van der Waals surface area contributed by atoms with Gasteiger partial charge in [-0.25, -0.2) is 0 Å². The zero-order chi connectivity index (χ0) is 15.4. The van der Waals surface area contributed by atoms with Gasteiger partial charge in [0.1, 0.15) is 12.4 Å².